The molecule has 8 nitrogen and oxygen atoms in total. The average molecular weight is 509 g/mol. The van der Waals surface area contributed by atoms with Crippen molar-refractivity contribution in [3.63, 3.8) is 0 Å². The van der Waals surface area contributed by atoms with Gasteiger partial charge in [-0.3, -0.25) is 0 Å². The van der Waals surface area contributed by atoms with Gasteiger partial charge in [0.2, 0.25) is 10.0 Å². The molecule has 1 unspecified atom stereocenters. The number of carboxylic acids is 1. The molecule has 1 aliphatic heterocycles. The summed E-state index contributed by atoms with van der Waals surface area (Å²) in [5.74, 6) is -0.837. The first-order valence-corrected chi connectivity index (χ1v) is 13.8. The summed E-state index contributed by atoms with van der Waals surface area (Å²) < 4.78 is 39.7. The van der Waals surface area contributed by atoms with Crippen molar-refractivity contribution in [1.29, 1.82) is 0 Å². The van der Waals surface area contributed by atoms with Crippen LogP contribution < -0.4 is 9.64 Å². The van der Waals surface area contributed by atoms with Crippen molar-refractivity contribution in [1.82, 2.24) is 4.31 Å². The van der Waals surface area contributed by atoms with E-state index in [1.807, 2.05) is 42.7 Å². The molecule has 0 bridgehead atoms. The van der Waals surface area contributed by atoms with Gasteiger partial charge >= 0.3 is 5.97 Å². The Labute approximate surface area is 205 Å². The molecule has 3 rings (SSSR count). The van der Waals surface area contributed by atoms with Gasteiger partial charge in [0.1, 0.15) is 17.3 Å². The molecule has 2 aromatic carbocycles. The third kappa shape index (κ3) is 5.51. The summed E-state index contributed by atoms with van der Waals surface area (Å²) in [6.45, 7) is 2.37. The normalized spacial score (nSPS) is 18.7. The maximum absolute atomic E-state index is 13.7. The highest BCUT2D eigenvalue weighted by molar-refractivity contribution is 7.98. The number of carboxylic acid groups (broad SMARTS) is 1. The zero-order valence-electron chi connectivity index (χ0n) is 19.9. The number of carbonyl (C=O) groups is 1. The molecule has 10 heteroatoms. The van der Waals surface area contributed by atoms with Gasteiger partial charge in [-0.05, 0) is 30.9 Å². The van der Waals surface area contributed by atoms with Gasteiger partial charge in [0.05, 0.1) is 10.6 Å². The molecule has 34 heavy (non-hydrogen) atoms. The highest BCUT2D eigenvalue weighted by Crippen LogP contribution is 2.43. The minimum absolute atomic E-state index is 0.134. The summed E-state index contributed by atoms with van der Waals surface area (Å²) in [6, 6.07) is 12.9. The van der Waals surface area contributed by atoms with Crippen LogP contribution in [0.2, 0.25) is 0 Å². The fraction of sp³-hybridized carbons (Fsp3) is 0.458. The van der Waals surface area contributed by atoms with E-state index in [-0.39, 0.29) is 17.5 Å². The van der Waals surface area contributed by atoms with Crippen LogP contribution in [0, 0.1) is 0 Å². The highest BCUT2D eigenvalue weighted by atomic mass is 32.2. The van der Waals surface area contributed by atoms with Crippen LogP contribution >= 0.6 is 11.8 Å². The molecule has 0 amide bonds. The van der Waals surface area contributed by atoms with E-state index in [2.05, 4.69) is 11.8 Å². The Kier molecular flexibility index (Phi) is 8.86. The number of anilines is 2. The maximum Gasteiger partial charge on any atom is 0.336 e. The standard InChI is InChI=1S/C24H32N2O6S2/c1-5-6-10-18-15-26(17-11-8-7-9-12-17)19-13-22(33-4)20(32-16-21(31-3)24(27)28)14-23(19)34(29,30)25(18)2/h7-9,11-14,18,21H,5-6,10,15-16H2,1-4H3,(H,27,28)/t18-,21?/m1/s1. The number of aliphatic carboxylic acids is 1. The Morgan fingerprint density at radius 2 is 1.97 bits per heavy atom. The largest absolute Gasteiger partial charge is 0.489 e. The van der Waals surface area contributed by atoms with Gasteiger partial charge in [-0.15, -0.1) is 11.8 Å². The van der Waals surface area contributed by atoms with Crippen LogP contribution in [0.25, 0.3) is 0 Å². The van der Waals surface area contributed by atoms with Crippen molar-refractivity contribution in [2.24, 2.45) is 0 Å². The van der Waals surface area contributed by atoms with Crippen LogP contribution in [0.5, 0.6) is 5.75 Å². The lowest BCUT2D eigenvalue weighted by atomic mass is 10.1. The molecule has 1 N–H and O–H groups in total. The molecule has 0 radical (unpaired) electrons. The second kappa shape index (κ2) is 11.4. The number of sulfonamides is 1. The van der Waals surface area contributed by atoms with Crippen LogP contribution in [-0.4, -0.2) is 69.5 Å². The van der Waals surface area contributed by atoms with Gasteiger partial charge in [-0.2, -0.15) is 4.31 Å². The fourth-order valence-electron chi connectivity index (χ4n) is 3.97. The number of unbranched alkanes of at least 4 members (excludes halogenated alkanes) is 1. The fourth-order valence-corrected chi connectivity index (χ4v) is 6.08. The van der Waals surface area contributed by atoms with Gasteiger partial charge < -0.3 is 19.5 Å². The molecule has 2 aromatic rings. The van der Waals surface area contributed by atoms with Crippen molar-refractivity contribution >= 4 is 39.1 Å². The Balaban J connectivity index is 2.15. The van der Waals surface area contributed by atoms with Crippen molar-refractivity contribution in [3.05, 3.63) is 42.5 Å². The van der Waals surface area contributed by atoms with Crippen LogP contribution in [-0.2, 0) is 19.6 Å². The SMILES string of the molecule is CCCC[C@@H]1CN(c2ccccc2)c2cc(SC)c(OCC(OC)C(=O)O)cc2S(=O)(=O)N1C. The molecule has 0 spiro atoms. The third-order valence-corrected chi connectivity index (χ3v) is 8.71. The summed E-state index contributed by atoms with van der Waals surface area (Å²) in [7, 11) is -0.910. The number of hydrogen-bond acceptors (Lipinski definition) is 7. The van der Waals surface area contributed by atoms with Crippen molar-refractivity contribution < 1.29 is 27.8 Å². The number of benzene rings is 2. The number of hydrogen-bond donors (Lipinski definition) is 1. The molecule has 186 valence electrons. The van der Waals surface area contributed by atoms with Gasteiger partial charge in [0, 0.05) is 38.5 Å². The van der Waals surface area contributed by atoms with Crippen molar-refractivity contribution in [2.45, 2.75) is 48.1 Å². The number of thioether (sulfide) groups is 1. The van der Waals surface area contributed by atoms with Gasteiger partial charge in [-0.25, -0.2) is 13.2 Å². The number of methoxy groups -OCH3 is 1. The summed E-state index contributed by atoms with van der Waals surface area (Å²) in [6.07, 6.45) is 3.35. The lowest BCUT2D eigenvalue weighted by molar-refractivity contribution is -0.150. The third-order valence-electron chi connectivity index (χ3n) is 6.01. The summed E-state index contributed by atoms with van der Waals surface area (Å²) in [5.41, 5.74) is 1.48. The lowest BCUT2D eigenvalue weighted by Gasteiger charge is -2.29. The second-order valence-corrected chi connectivity index (χ2v) is 10.9. The molecule has 0 fully saturated rings. The van der Waals surface area contributed by atoms with E-state index in [0.29, 0.717) is 22.9 Å². The predicted molar refractivity (Wildman–Crippen MR) is 134 cm³/mol. The van der Waals surface area contributed by atoms with Crippen LogP contribution in [0.3, 0.4) is 0 Å². The Morgan fingerprint density at radius 1 is 1.26 bits per heavy atom. The highest BCUT2D eigenvalue weighted by Gasteiger charge is 2.37. The van der Waals surface area contributed by atoms with E-state index in [0.717, 1.165) is 24.9 Å². The van der Waals surface area contributed by atoms with Crippen molar-refractivity contribution in [2.75, 3.05) is 38.5 Å². The molecule has 0 aromatic heterocycles. The summed E-state index contributed by atoms with van der Waals surface area (Å²) in [5, 5.41) is 9.27. The molecule has 1 heterocycles. The molecule has 1 aliphatic rings. The summed E-state index contributed by atoms with van der Waals surface area (Å²) >= 11 is 1.41. The number of nitrogens with zero attached hydrogens (tertiary/aromatic N) is 2. The molecular weight excluding hydrogens is 476 g/mol. The Bertz CT molecular complexity index is 1090. The van der Waals surface area contributed by atoms with E-state index >= 15 is 0 Å². The molecule has 0 aliphatic carbocycles. The second-order valence-electron chi connectivity index (χ2n) is 8.11. The zero-order valence-corrected chi connectivity index (χ0v) is 21.6. The smallest absolute Gasteiger partial charge is 0.336 e. The predicted octanol–water partition coefficient (Wildman–Crippen LogP) is 4.22. The van der Waals surface area contributed by atoms with Gasteiger partial charge in [-0.1, -0.05) is 38.0 Å². The topological polar surface area (TPSA) is 96.4 Å². The zero-order chi connectivity index (χ0) is 24.9. The summed E-state index contributed by atoms with van der Waals surface area (Å²) in [4.78, 5) is 14.2. The minimum atomic E-state index is -3.83. The first kappa shape index (κ1) is 26.3. The molecule has 0 saturated heterocycles. The number of rotatable bonds is 10. The monoisotopic (exact) mass is 508 g/mol. The lowest BCUT2D eigenvalue weighted by Crippen LogP contribution is -2.40. The van der Waals surface area contributed by atoms with E-state index in [4.69, 9.17) is 9.47 Å². The van der Waals surface area contributed by atoms with E-state index < -0.39 is 22.1 Å². The van der Waals surface area contributed by atoms with Crippen LogP contribution in [0.1, 0.15) is 26.2 Å². The number of likely N-dealkylation sites (N-methyl/N-ethyl adjacent to an activating group) is 1. The number of fused-ring (bicyclic) bond motifs is 1. The number of para-hydroxylation sites is 1. The first-order chi connectivity index (χ1) is 16.2. The van der Waals surface area contributed by atoms with Crippen molar-refractivity contribution in [3.8, 4) is 5.75 Å². The maximum atomic E-state index is 13.7. The first-order valence-electron chi connectivity index (χ1n) is 11.2. The molecule has 2 atom stereocenters. The van der Waals surface area contributed by atoms with E-state index in [1.165, 1.54) is 29.2 Å². The van der Waals surface area contributed by atoms with Gasteiger partial charge in [0.15, 0.2) is 6.10 Å². The quantitative estimate of drug-likeness (QED) is 0.477. The number of ether oxygens (including phenoxy) is 2. The van der Waals surface area contributed by atoms with Gasteiger partial charge in [0.25, 0.3) is 0 Å². The van der Waals surface area contributed by atoms with Crippen LogP contribution in [0.15, 0.2) is 52.3 Å². The van der Waals surface area contributed by atoms with E-state index in [9.17, 15) is 18.3 Å². The van der Waals surface area contributed by atoms with E-state index in [1.54, 1.807) is 7.05 Å². The van der Waals surface area contributed by atoms with Crippen LogP contribution in [0.4, 0.5) is 11.4 Å². The molecule has 0 saturated carbocycles. The molecular formula is C24H32N2O6S2. The Morgan fingerprint density at radius 3 is 2.56 bits per heavy atom. The average Bonchev–Trinajstić information content (AvgIpc) is 2.91. The minimum Gasteiger partial charge on any atom is -0.489 e. The Hall–Kier alpha value is -2.27.